The van der Waals surface area contributed by atoms with Crippen LogP contribution in [0.25, 0.3) is 0 Å². The van der Waals surface area contributed by atoms with Gasteiger partial charge in [0.2, 0.25) is 0 Å². The first-order valence-corrected chi connectivity index (χ1v) is 7.51. The van der Waals surface area contributed by atoms with Crippen LogP contribution in [0.2, 0.25) is 0 Å². The third-order valence-corrected chi connectivity index (χ3v) is 4.45. The Morgan fingerprint density at radius 3 is 2.50 bits per heavy atom. The zero-order valence-corrected chi connectivity index (χ0v) is 11.7. The number of hydrogen-bond acceptors (Lipinski definition) is 4. The molecule has 0 amide bonds. The Balaban J connectivity index is 2.09. The normalized spacial score (nSPS) is 17.7. The first-order valence-electron chi connectivity index (χ1n) is 6.57. The first-order chi connectivity index (χ1) is 9.85. The van der Waals surface area contributed by atoms with Crippen LogP contribution in [0.3, 0.4) is 0 Å². The molecule has 0 radical (unpaired) electrons. The Bertz CT molecular complexity index is 659. The van der Waals surface area contributed by atoms with Crippen LogP contribution in [0, 0.1) is 22.7 Å². The van der Waals surface area contributed by atoms with Crippen molar-refractivity contribution in [3.63, 3.8) is 0 Å². The molecule has 1 aromatic heterocycles. The van der Waals surface area contributed by atoms with Crippen molar-refractivity contribution in [1.82, 2.24) is 0 Å². The second-order valence-electron chi connectivity index (χ2n) is 4.83. The number of anilines is 1. The molecule has 0 spiro atoms. The molecular formula is C16H13N3S. The van der Waals surface area contributed by atoms with Crippen molar-refractivity contribution in [3.8, 4) is 12.1 Å². The number of thiophene rings is 1. The SMILES string of the molecule is N#Cc1cccc(C#N)c1N1CCCC1c1ccsc1. The molecule has 1 saturated heterocycles. The monoisotopic (exact) mass is 279 g/mol. The number of rotatable bonds is 2. The molecule has 1 unspecified atom stereocenters. The molecule has 0 N–H and O–H groups in total. The lowest BCUT2D eigenvalue weighted by Gasteiger charge is -2.28. The van der Waals surface area contributed by atoms with Gasteiger partial charge in [-0.15, -0.1) is 0 Å². The quantitative estimate of drug-likeness (QED) is 0.839. The van der Waals surface area contributed by atoms with E-state index in [0.29, 0.717) is 11.1 Å². The van der Waals surface area contributed by atoms with E-state index in [4.69, 9.17) is 0 Å². The van der Waals surface area contributed by atoms with Gasteiger partial charge in [-0.25, -0.2) is 0 Å². The summed E-state index contributed by atoms with van der Waals surface area (Å²) in [6.45, 7) is 0.897. The molecule has 2 aromatic rings. The maximum Gasteiger partial charge on any atom is 0.101 e. The summed E-state index contributed by atoms with van der Waals surface area (Å²) in [5, 5.41) is 22.9. The van der Waals surface area contributed by atoms with Gasteiger partial charge in [0.1, 0.15) is 12.1 Å². The summed E-state index contributed by atoms with van der Waals surface area (Å²) in [4.78, 5) is 2.22. The number of nitrogens with zero attached hydrogens (tertiary/aromatic N) is 3. The van der Waals surface area contributed by atoms with Crippen molar-refractivity contribution in [1.29, 1.82) is 10.5 Å². The molecule has 3 nitrogen and oxygen atoms in total. The molecule has 1 atom stereocenters. The van der Waals surface area contributed by atoms with Crippen molar-refractivity contribution < 1.29 is 0 Å². The molecule has 0 saturated carbocycles. The Morgan fingerprint density at radius 2 is 1.90 bits per heavy atom. The Hall–Kier alpha value is -2.30. The van der Waals surface area contributed by atoms with Crippen molar-refractivity contribution >= 4 is 17.0 Å². The van der Waals surface area contributed by atoms with E-state index in [9.17, 15) is 10.5 Å². The fraction of sp³-hybridized carbons (Fsp3) is 0.250. The fourth-order valence-corrected chi connectivity index (χ4v) is 3.59. The van der Waals surface area contributed by atoms with Crippen LogP contribution in [-0.2, 0) is 0 Å². The van der Waals surface area contributed by atoms with Gasteiger partial charge in [-0.3, -0.25) is 0 Å². The highest BCUT2D eigenvalue weighted by molar-refractivity contribution is 7.08. The molecule has 3 rings (SSSR count). The van der Waals surface area contributed by atoms with E-state index < -0.39 is 0 Å². The van der Waals surface area contributed by atoms with Gasteiger partial charge < -0.3 is 4.90 Å². The number of para-hydroxylation sites is 1. The molecule has 0 bridgehead atoms. The largest absolute Gasteiger partial charge is 0.362 e. The van der Waals surface area contributed by atoms with E-state index in [0.717, 1.165) is 25.1 Å². The summed E-state index contributed by atoms with van der Waals surface area (Å²) < 4.78 is 0. The molecule has 1 aromatic carbocycles. The molecule has 4 heteroatoms. The maximum atomic E-state index is 9.33. The summed E-state index contributed by atoms with van der Waals surface area (Å²) in [7, 11) is 0. The van der Waals surface area contributed by atoms with Gasteiger partial charge in [-0.1, -0.05) is 6.07 Å². The highest BCUT2D eigenvalue weighted by Crippen LogP contribution is 2.39. The minimum absolute atomic E-state index is 0.280. The maximum absolute atomic E-state index is 9.33. The van der Waals surface area contributed by atoms with E-state index in [1.165, 1.54) is 5.56 Å². The minimum Gasteiger partial charge on any atom is -0.362 e. The van der Waals surface area contributed by atoms with E-state index in [1.54, 1.807) is 29.5 Å². The minimum atomic E-state index is 0.280. The molecule has 1 aliphatic rings. The summed E-state index contributed by atoms with van der Waals surface area (Å²) >= 11 is 1.69. The Kier molecular flexibility index (Phi) is 3.41. The van der Waals surface area contributed by atoms with Crippen LogP contribution < -0.4 is 4.90 Å². The van der Waals surface area contributed by atoms with Crippen LogP contribution in [0.15, 0.2) is 35.0 Å². The topological polar surface area (TPSA) is 50.8 Å². The number of nitriles is 2. The number of benzene rings is 1. The fourth-order valence-electron chi connectivity index (χ4n) is 2.88. The van der Waals surface area contributed by atoms with Gasteiger partial charge in [-0.2, -0.15) is 21.9 Å². The average Bonchev–Trinajstić information content (AvgIpc) is 3.16. The predicted molar refractivity (Wildman–Crippen MR) is 79.5 cm³/mol. The van der Waals surface area contributed by atoms with Crippen LogP contribution in [0.1, 0.15) is 35.6 Å². The second kappa shape index (κ2) is 5.36. The van der Waals surface area contributed by atoms with Gasteiger partial charge in [0, 0.05) is 6.54 Å². The van der Waals surface area contributed by atoms with Gasteiger partial charge in [0.05, 0.1) is 22.9 Å². The van der Waals surface area contributed by atoms with Crippen molar-refractivity contribution in [3.05, 3.63) is 51.7 Å². The molecule has 1 aliphatic heterocycles. The molecule has 1 fully saturated rings. The van der Waals surface area contributed by atoms with Gasteiger partial charge in [-0.05, 0) is 47.4 Å². The smallest absolute Gasteiger partial charge is 0.101 e. The zero-order chi connectivity index (χ0) is 13.9. The Morgan fingerprint density at radius 1 is 1.15 bits per heavy atom. The highest BCUT2D eigenvalue weighted by Gasteiger charge is 2.29. The van der Waals surface area contributed by atoms with Crippen molar-refractivity contribution in [2.24, 2.45) is 0 Å². The van der Waals surface area contributed by atoms with E-state index >= 15 is 0 Å². The standard InChI is InChI=1S/C16H13N3S/c17-9-12-3-1-4-13(10-18)16(12)19-7-2-5-15(19)14-6-8-20-11-14/h1,3-4,6,8,11,15H,2,5,7H2. The van der Waals surface area contributed by atoms with Crippen LogP contribution in [0.5, 0.6) is 0 Å². The average molecular weight is 279 g/mol. The van der Waals surface area contributed by atoms with Gasteiger partial charge in [0.15, 0.2) is 0 Å². The molecule has 2 heterocycles. The number of hydrogen-bond donors (Lipinski definition) is 0. The van der Waals surface area contributed by atoms with E-state index in [2.05, 4.69) is 33.9 Å². The summed E-state index contributed by atoms with van der Waals surface area (Å²) in [6.07, 6.45) is 2.16. The Labute approximate surface area is 122 Å². The zero-order valence-electron chi connectivity index (χ0n) is 10.9. The second-order valence-corrected chi connectivity index (χ2v) is 5.61. The lowest BCUT2D eigenvalue weighted by atomic mass is 10.0. The van der Waals surface area contributed by atoms with Gasteiger partial charge in [0.25, 0.3) is 0 Å². The first kappa shape index (κ1) is 12.7. The summed E-state index contributed by atoms with van der Waals surface area (Å²) in [5.41, 5.74) is 3.26. The third-order valence-electron chi connectivity index (χ3n) is 3.74. The van der Waals surface area contributed by atoms with Crippen LogP contribution in [-0.4, -0.2) is 6.54 Å². The molecule has 0 aliphatic carbocycles. The van der Waals surface area contributed by atoms with E-state index in [1.807, 2.05) is 0 Å². The van der Waals surface area contributed by atoms with Crippen molar-refractivity contribution in [2.45, 2.75) is 18.9 Å². The highest BCUT2D eigenvalue weighted by atomic mass is 32.1. The van der Waals surface area contributed by atoms with Crippen LogP contribution >= 0.6 is 11.3 Å². The third kappa shape index (κ3) is 2.05. The molecule has 98 valence electrons. The summed E-state index contributed by atoms with van der Waals surface area (Å²) in [6, 6.07) is 12.2. The van der Waals surface area contributed by atoms with Crippen LogP contribution in [0.4, 0.5) is 5.69 Å². The van der Waals surface area contributed by atoms with E-state index in [-0.39, 0.29) is 6.04 Å². The summed E-state index contributed by atoms with van der Waals surface area (Å²) in [5.74, 6) is 0. The predicted octanol–water partition coefficient (Wildman–Crippen LogP) is 3.83. The molecule has 20 heavy (non-hydrogen) atoms. The lowest BCUT2D eigenvalue weighted by molar-refractivity contribution is 0.721. The molecular weight excluding hydrogens is 266 g/mol. The lowest BCUT2D eigenvalue weighted by Crippen LogP contribution is -2.24. The van der Waals surface area contributed by atoms with Crippen molar-refractivity contribution in [2.75, 3.05) is 11.4 Å². The van der Waals surface area contributed by atoms with Gasteiger partial charge >= 0.3 is 0 Å².